The number of methoxy groups -OCH3 is 1. The first kappa shape index (κ1) is 19.3. The minimum atomic E-state index is -0.345. The summed E-state index contributed by atoms with van der Waals surface area (Å²) in [6.45, 7) is 5.56. The van der Waals surface area contributed by atoms with Gasteiger partial charge in [0.1, 0.15) is 5.75 Å². The second-order valence-electron chi connectivity index (χ2n) is 5.93. The van der Waals surface area contributed by atoms with Crippen molar-refractivity contribution < 1.29 is 14.3 Å². The average molecular weight is 406 g/mol. The van der Waals surface area contributed by atoms with Crippen molar-refractivity contribution in [3.8, 4) is 5.75 Å². The summed E-state index contributed by atoms with van der Waals surface area (Å²) in [7, 11) is 1.39. The molecule has 0 atom stereocenters. The van der Waals surface area contributed by atoms with Gasteiger partial charge in [-0.2, -0.15) is 0 Å². The number of ether oxygens (including phenoxy) is 2. The number of unbranched alkanes of at least 4 members (excludes halogenated alkanes) is 1. The summed E-state index contributed by atoms with van der Waals surface area (Å²) in [6, 6.07) is 11.8. The third-order valence-electron chi connectivity index (χ3n) is 3.87. The van der Waals surface area contributed by atoms with Crippen molar-refractivity contribution in [1.82, 2.24) is 0 Å². The maximum atomic E-state index is 11.8. The Kier molecular flexibility index (Phi) is 7.31. The normalized spacial score (nSPS) is 10.4. The fraction of sp³-hybridized carbons (Fsp3) is 0.350. The summed E-state index contributed by atoms with van der Waals surface area (Å²) in [6.07, 6.45) is 1.88. The Morgan fingerprint density at radius 1 is 1.12 bits per heavy atom. The van der Waals surface area contributed by atoms with Crippen LogP contribution in [-0.4, -0.2) is 26.2 Å². The number of nitrogens with one attached hydrogen (secondary N) is 1. The molecule has 2 aromatic rings. The van der Waals surface area contributed by atoms with Crippen LogP contribution in [0.1, 0.15) is 34.3 Å². The Bertz CT molecular complexity index is 731. The Balaban J connectivity index is 1.78. The number of esters is 1. The van der Waals surface area contributed by atoms with E-state index in [9.17, 15) is 4.79 Å². The molecule has 4 nitrogen and oxygen atoms in total. The van der Waals surface area contributed by atoms with Crippen LogP contribution in [0.2, 0.25) is 0 Å². The van der Waals surface area contributed by atoms with Gasteiger partial charge >= 0.3 is 5.97 Å². The molecule has 0 bridgehead atoms. The number of carbonyl (C=O) groups is 1. The molecule has 0 aliphatic carbocycles. The van der Waals surface area contributed by atoms with Crippen LogP contribution in [0.4, 0.5) is 5.69 Å². The van der Waals surface area contributed by atoms with E-state index >= 15 is 0 Å². The Morgan fingerprint density at radius 3 is 2.68 bits per heavy atom. The van der Waals surface area contributed by atoms with Crippen LogP contribution < -0.4 is 10.1 Å². The second kappa shape index (κ2) is 9.47. The molecule has 0 amide bonds. The lowest BCUT2D eigenvalue weighted by Crippen LogP contribution is -2.10. The number of aryl methyl sites for hydroxylation is 2. The summed E-state index contributed by atoms with van der Waals surface area (Å²) in [5.41, 5.74) is 3.67. The lowest BCUT2D eigenvalue weighted by atomic mass is 10.1. The van der Waals surface area contributed by atoms with Crippen LogP contribution in [0.15, 0.2) is 40.9 Å². The molecule has 134 valence electrons. The molecule has 2 aromatic carbocycles. The first-order valence-electron chi connectivity index (χ1n) is 8.33. The molecular formula is C20H24BrNO3. The fourth-order valence-corrected chi connectivity index (χ4v) is 2.81. The number of carbonyl (C=O) groups excluding carboxylic acids is 1. The highest BCUT2D eigenvalue weighted by Crippen LogP contribution is 2.22. The van der Waals surface area contributed by atoms with Crippen molar-refractivity contribution in [2.45, 2.75) is 26.7 Å². The third-order valence-corrected chi connectivity index (χ3v) is 4.37. The standard InChI is InChI=1S/C20H24BrNO3/c1-14-6-7-15(2)19(12-14)25-11-5-4-10-22-18-9-8-16(21)13-17(18)20(23)24-3/h6-9,12-13,22H,4-5,10-11H2,1-3H3. The van der Waals surface area contributed by atoms with E-state index in [1.165, 1.54) is 12.7 Å². The zero-order valence-electron chi connectivity index (χ0n) is 14.9. The van der Waals surface area contributed by atoms with Crippen LogP contribution in [-0.2, 0) is 4.74 Å². The highest BCUT2D eigenvalue weighted by molar-refractivity contribution is 9.10. The van der Waals surface area contributed by atoms with Crippen molar-refractivity contribution in [2.75, 3.05) is 25.6 Å². The molecule has 0 radical (unpaired) electrons. The Hall–Kier alpha value is -2.01. The van der Waals surface area contributed by atoms with Crippen molar-refractivity contribution in [2.24, 2.45) is 0 Å². The molecule has 2 rings (SSSR count). The largest absolute Gasteiger partial charge is 0.493 e. The lowest BCUT2D eigenvalue weighted by molar-refractivity contribution is 0.0601. The van der Waals surface area contributed by atoms with Crippen LogP contribution in [0, 0.1) is 13.8 Å². The van der Waals surface area contributed by atoms with Gasteiger partial charge in [-0.1, -0.05) is 28.1 Å². The summed E-state index contributed by atoms with van der Waals surface area (Å²) in [5.74, 6) is 0.607. The van der Waals surface area contributed by atoms with E-state index in [1.54, 1.807) is 6.07 Å². The van der Waals surface area contributed by atoms with Gasteiger partial charge in [0, 0.05) is 16.7 Å². The third kappa shape index (κ3) is 5.78. The number of rotatable bonds is 8. The lowest BCUT2D eigenvalue weighted by Gasteiger charge is -2.12. The van der Waals surface area contributed by atoms with Crippen LogP contribution in [0.3, 0.4) is 0 Å². The van der Waals surface area contributed by atoms with Crippen molar-refractivity contribution in [1.29, 1.82) is 0 Å². The van der Waals surface area contributed by atoms with Gasteiger partial charge in [-0.3, -0.25) is 0 Å². The number of hydrogen-bond donors (Lipinski definition) is 1. The smallest absolute Gasteiger partial charge is 0.340 e. The number of halogens is 1. The van der Waals surface area contributed by atoms with Gasteiger partial charge < -0.3 is 14.8 Å². The molecular weight excluding hydrogens is 382 g/mol. The van der Waals surface area contributed by atoms with E-state index in [2.05, 4.69) is 53.3 Å². The van der Waals surface area contributed by atoms with E-state index in [4.69, 9.17) is 9.47 Å². The van der Waals surface area contributed by atoms with E-state index in [0.717, 1.165) is 40.9 Å². The Morgan fingerprint density at radius 2 is 1.92 bits per heavy atom. The fourth-order valence-electron chi connectivity index (χ4n) is 2.44. The van der Waals surface area contributed by atoms with E-state index < -0.39 is 0 Å². The molecule has 0 aliphatic rings. The summed E-state index contributed by atoms with van der Waals surface area (Å²) >= 11 is 3.38. The highest BCUT2D eigenvalue weighted by atomic mass is 79.9. The van der Waals surface area contributed by atoms with E-state index in [-0.39, 0.29) is 5.97 Å². The van der Waals surface area contributed by atoms with Gasteiger partial charge in [0.25, 0.3) is 0 Å². The number of benzene rings is 2. The maximum Gasteiger partial charge on any atom is 0.340 e. The first-order chi connectivity index (χ1) is 12.0. The first-order valence-corrected chi connectivity index (χ1v) is 9.12. The van der Waals surface area contributed by atoms with E-state index in [1.807, 2.05) is 12.1 Å². The number of hydrogen-bond acceptors (Lipinski definition) is 4. The Labute approximate surface area is 157 Å². The van der Waals surface area contributed by atoms with Crippen LogP contribution in [0.5, 0.6) is 5.75 Å². The molecule has 5 heteroatoms. The summed E-state index contributed by atoms with van der Waals surface area (Å²) < 4.78 is 11.5. The molecule has 0 fully saturated rings. The molecule has 0 aliphatic heterocycles. The van der Waals surface area contributed by atoms with Crippen LogP contribution in [0.25, 0.3) is 0 Å². The molecule has 1 N–H and O–H groups in total. The van der Waals surface area contributed by atoms with Crippen molar-refractivity contribution in [3.05, 3.63) is 57.6 Å². The SMILES string of the molecule is COC(=O)c1cc(Br)ccc1NCCCCOc1cc(C)ccc1C. The van der Waals surface area contributed by atoms with Gasteiger partial charge in [0.05, 0.1) is 19.3 Å². The van der Waals surface area contributed by atoms with Gasteiger partial charge in [-0.25, -0.2) is 4.79 Å². The average Bonchev–Trinajstić information content (AvgIpc) is 2.61. The molecule has 0 spiro atoms. The van der Waals surface area contributed by atoms with Crippen molar-refractivity contribution in [3.63, 3.8) is 0 Å². The molecule has 0 saturated heterocycles. The predicted molar refractivity (Wildman–Crippen MR) is 105 cm³/mol. The van der Waals surface area contributed by atoms with Gasteiger partial charge in [-0.15, -0.1) is 0 Å². The topological polar surface area (TPSA) is 47.6 Å². The van der Waals surface area contributed by atoms with Crippen LogP contribution >= 0.6 is 15.9 Å². The number of anilines is 1. The summed E-state index contributed by atoms with van der Waals surface area (Å²) in [5, 5.41) is 3.30. The summed E-state index contributed by atoms with van der Waals surface area (Å²) in [4.78, 5) is 11.8. The highest BCUT2D eigenvalue weighted by Gasteiger charge is 2.12. The second-order valence-corrected chi connectivity index (χ2v) is 6.85. The minimum absolute atomic E-state index is 0.345. The molecule has 25 heavy (non-hydrogen) atoms. The monoisotopic (exact) mass is 405 g/mol. The van der Waals surface area contributed by atoms with Gasteiger partial charge in [-0.05, 0) is 62.1 Å². The maximum absolute atomic E-state index is 11.8. The molecule has 0 unspecified atom stereocenters. The van der Waals surface area contributed by atoms with Gasteiger partial charge in [0.15, 0.2) is 0 Å². The van der Waals surface area contributed by atoms with Crippen molar-refractivity contribution >= 4 is 27.6 Å². The predicted octanol–water partition coefficient (Wildman–Crippen LogP) is 5.12. The molecule has 0 aromatic heterocycles. The quantitative estimate of drug-likeness (QED) is 0.488. The van der Waals surface area contributed by atoms with E-state index in [0.29, 0.717) is 12.2 Å². The minimum Gasteiger partial charge on any atom is -0.493 e. The molecule has 0 heterocycles. The molecule has 0 saturated carbocycles. The van der Waals surface area contributed by atoms with Gasteiger partial charge in [0.2, 0.25) is 0 Å². The zero-order chi connectivity index (χ0) is 18.2. The zero-order valence-corrected chi connectivity index (χ0v) is 16.5.